The largest absolute Gasteiger partial charge is 0.360 e. The predicted octanol–water partition coefficient (Wildman–Crippen LogP) is 2.47. The van der Waals surface area contributed by atoms with Gasteiger partial charge in [-0.2, -0.15) is 4.99 Å². The molecule has 0 bridgehead atoms. The Morgan fingerprint density at radius 2 is 2.19 bits per heavy atom. The van der Waals surface area contributed by atoms with Gasteiger partial charge < -0.3 is 14.4 Å². The summed E-state index contributed by atoms with van der Waals surface area (Å²) in [4.78, 5) is 28.3. The van der Waals surface area contributed by atoms with Crippen LogP contribution in [0.3, 0.4) is 0 Å². The van der Waals surface area contributed by atoms with E-state index >= 15 is 0 Å². The predicted molar refractivity (Wildman–Crippen MR) is 98.5 cm³/mol. The number of carbonyl (C=O) groups is 2. The molecule has 2 amide bonds. The molecule has 0 aliphatic carbocycles. The van der Waals surface area contributed by atoms with Crippen molar-refractivity contribution in [3.05, 3.63) is 40.6 Å². The molecule has 136 valence electrons. The first-order valence-corrected chi connectivity index (χ1v) is 9.53. The summed E-state index contributed by atoms with van der Waals surface area (Å²) in [7, 11) is 1.77. The van der Waals surface area contributed by atoms with Crippen molar-refractivity contribution >= 4 is 50.9 Å². The average molecular weight is 394 g/mol. The normalized spacial score (nSPS) is 11.9. The molecule has 1 aromatic carbocycles. The third-order valence-corrected chi connectivity index (χ3v) is 5.36. The Bertz CT molecular complexity index is 1040. The van der Waals surface area contributed by atoms with Crippen molar-refractivity contribution in [2.75, 3.05) is 16.8 Å². The second-order valence-electron chi connectivity index (χ2n) is 5.43. The van der Waals surface area contributed by atoms with Gasteiger partial charge in [-0.3, -0.25) is 9.59 Å². The van der Waals surface area contributed by atoms with E-state index in [-0.39, 0.29) is 29.1 Å². The third kappa shape index (κ3) is 4.38. The number of fused-ring (bicyclic) bond motifs is 1. The Hall–Kier alpha value is -2.46. The molecule has 0 aliphatic rings. The van der Waals surface area contributed by atoms with Crippen LogP contribution in [-0.4, -0.2) is 33.0 Å². The molecule has 0 saturated heterocycles. The highest BCUT2D eigenvalue weighted by atomic mass is 32.2. The molecule has 2 aromatic heterocycles. The number of hydrogen-bond donors (Lipinski definition) is 1. The number of halogens is 1. The van der Waals surface area contributed by atoms with Crippen molar-refractivity contribution in [3.63, 3.8) is 0 Å². The van der Waals surface area contributed by atoms with Gasteiger partial charge in [0.25, 0.3) is 5.91 Å². The summed E-state index contributed by atoms with van der Waals surface area (Å²) in [5, 5.41) is 6.24. The molecule has 0 unspecified atom stereocenters. The summed E-state index contributed by atoms with van der Waals surface area (Å²) in [6.07, 6.45) is 0. The fourth-order valence-corrected chi connectivity index (χ4v) is 3.85. The number of aryl methyl sites for hydroxylation is 2. The summed E-state index contributed by atoms with van der Waals surface area (Å²) in [6.45, 7) is 1.72. The van der Waals surface area contributed by atoms with E-state index in [0.717, 1.165) is 17.3 Å². The van der Waals surface area contributed by atoms with Gasteiger partial charge in [0.15, 0.2) is 10.6 Å². The Kier molecular flexibility index (Phi) is 5.52. The molecule has 10 heteroatoms. The minimum atomic E-state index is -0.359. The number of amides is 2. The van der Waals surface area contributed by atoms with Crippen LogP contribution in [0, 0.1) is 12.7 Å². The van der Waals surface area contributed by atoms with Crippen LogP contribution in [0.1, 0.15) is 5.76 Å². The van der Waals surface area contributed by atoms with Gasteiger partial charge in [-0.1, -0.05) is 16.5 Å². The molecular weight excluding hydrogens is 379 g/mol. The molecule has 3 rings (SSSR count). The van der Waals surface area contributed by atoms with Crippen LogP contribution in [0.25, 0.3) is 10.2 Å². The van der Waals surface area contributed by atoms with Crippen LogP contribution in [0.15, 0.2) is 33.8 Å². The number of anilines is 1. The van der Waals surface area contributed by atoms with Crippen molar-refractivity contribution in [1.82, 2.24) is 9.72 Å². The third-order valence-electron chi connectivity index (χ3n) is 3.35. The first kappa shape index (κ1) is 18.3. The highest BCUT2D eigenvalue weighted by Crippen LogP contribution is 2.17. The van der Waals surface area contributed by atoms with Gasteiger partial charge in [0, 0.05) is 13.1 Å². The molecule has 0 fully saturated rings. The highest BCUT2D eigenvalue weighted by Gasteiger charge is 2.09. The zero-order chi connectivity index (χ0) is 18.7. The molecule has 0 saturated carbocycles. The fraction of sp³-hybridized carbons (Fsp3) is 0.250. The molecular formula is C16H15FN4O3S2. The lowest BCUT2D eigenvalue weighted by molar-refractivity contribution is -0.115. The van der Waals surface area contributed by atoms with Gasteiger partial charge >= 0.3 is 0 Å². The second-order valence-corrected chi connectivity index (χ2v) is 7.42. The number of nitrogens with zero attached hydrogens (tertiary/aromatic N) is 3. The van der Waals surface area contributed by atoms with Crippen LogP contribution in [-0.2, 0) is 16.6 Å². The molecule has 3 aromatic rings. The number of rotatable bonds is 5. The number of hydrogen-bond acceptors (Lipinski definition) is 6. The van der Waals surface area contributed by atoms with E-state index in [4.69, 9.17) is 4.52 Å². The molecule has 1 N–H and O–H groups in total. The minimum Gasteiger partial charge on any atom is -0.360 e. The Morgan fingerprint density at radius 3 is 2.92 bits per heavy atom. The lowest BCUT2D eigenvalue weighted by Gasteiger charge is -1.99. The van der Waals surface area contributed by atoms with Gasteiger partial charge in [-0.25, -0.2) is 4.39 Å². The molecule has 0 aliphatic heterocycles. The number of aromatic nitrogens is 2. The zero-order valence-electron chi connectivity index (χ0n) is 14.0. The van der Waals surface area contributed by atoms with E-state index in [9.17, 15) is 14.0 Å². The van der Waals surface area contributed by atoms with E-state index < -0.39 is 0 Å². The van der Waals surface area contributed by atoms with E-state index in [1.54, 1.807) is 30.7 Å². The fourth-order valence-electron chi connectivity index (χ4n) is 2.19. The number of thioether (sulfide) groups is 1. The second kappa shape index (κ2) is 7.83. The minimum absolute atomic E-state index is 0.0634. The Balaban J connectivity index is 1.58. The topological polar surface area (TPSA) is 89.5 Å². The monoisotopic (exact) mass is 394 g/mol. The zero-order valence-corrected chi connectivity index (χ0v) is 15.6. The summed E-state index contributed by atoms with van der Waals surface area (Å²) in [5.41, 5.74) is 0.804. The standard InChI is InChI=1S/C16H15FN4O3S2/c1-9-5-13(20-24-9)18-14(22)7-25-8-15(23)19-16-21(2)11-4-3-10(17)6-12(11)26-16/h3-6H,7-8H2,1-2H3,(H,18,20,22). The number of thiazole rings is 1. The van der Waals surface area contributed by atoms with Crippen LogP contribution in [0.2, 0.25) is 0 Å². The molecule has 2 heterocycles. The van der Waals surface area contributed by atoms with Crippen LogP contribution < -0.4 is 10.1 Å². The van der Waals surface area contributed by atoms with Crippen molar-refractivity contribution in [2.24, 2.45) is 12.0 Å². The summed E-state index contributed by atoms with van der Waals surface area (Å²) in [6, 6.07) is 6.03. The number of carbonyl (C=O) groups excluding carboxylic acids is 2. The van der Waals surface area contributed by atoms with Gasteiger partial charge in [0.1, 0.15) is 11.6 Å². The highest BCUT2D eigenvalue weighted by molar-refractivity contribution is 8.00. The summed E-state index contributed by atoms with van der Waals surface area (Å²) >= 11 is 2.39. The number of benzene rings is 1. The molecule has 0 spiro atoms. The van der Waals surface area contributed by atoms with Crippen molar-refractivity contribution in [2.45, 2.75) is 6.92 Å². The first-order chi connectivity index (χ1) is 12.4. The quantitative estimate of drug-likeness (QED) is 0.718. The van der Waals surface area contributed by atoms with Crippen LogP contribution in [0.5, 0.6) is 0 Å². The van der Waals surface area contributed by atoms with Crippen molar-refractivity contribution in [3.8, 4) is 0 Å². The number of nitrogens with one attached hydrogen (secondary N) is 1. The first-order valence-electron chi connectivity index (χ1n) is 7.56. The molecule has 0 atom stereocenters. The lowest BCUT2D eigenvalue weighted by Crippen LogP contribution is -2.17. The molecule has 7 nitrogen and oxygen atoms in total. The SMILES string of the molecule is Cc1cc(NC(=O)CSCC(=O)N=c2sc3cc(F)ccc3n2C)no1. The van der Waals surface area contributed by atoms with Gasteiger partial charge in [0.2, 0.25) is 5.91 Å². The maximum absolute atomic E-state index is 13.3. The van der Waals surface area contributed by atoms with Gasteiger partial charge in [-0.15, -0.1) is 11.8 Å². The lowest BCUT2D eigenvalue weighted by atomic mass is 10.3. The molecule has 26 heavy (non-hydrogen) atoms. The van der Waals surface area contributed by atoms with Gasteiger partial charge in [0.05, 0.1) is 21.7 Å². The maximum Gasteiger partial charge on any atom is 0.258 e. The maximum atomic E-state index is 13.3. The molecule has 0 radical (unpaired) electrons. The Morgan fingerprint density at radius 1 is 1.38 bits per heavy atom. The van der Waals surface area contributed by atoms with E-state index in [2.05, 4.69) is 15.5 Å². The average Bonchev–Trinajstić information content (AvgIpc) is 3.11. The van der Waals surface area contributed by atoms with Crippen molar-refractivity contribution in [1.29, 1.82) is 0 Å². The van der Waals surface area contributed by atoms with Crippen molar-refractivity contribution < 1.29 is 18.5 Å². The summed E-state index contributed by atoms with van der Waals surface area (Å²) in [5.74, 6) is 0.125. The van der Waals surface area contributed by atoms with E-state index in [0.29, 0.717) is 21.1 Å². The smallest absolute Gasteiger partial charge is 0.258 e. The van der Waals surface area contributed by atoms with E-state index in [1.807, 2.05) is 0 Å². The summed E-state index contributed by atoms with van der Waals surface area (Å²) < 4.78 is 20.6. The van der Waals surface area contributed by atoms with Gasteiger partial charge in [-0.05, 0) is 25.1 Å². The van der Waals surface area contributed by atoms with Crippen LogP contribution >= 0.6 is 23.1 Å². The van der Waals surface area contributed by atoms with E-state index in [1.165, 1.54) is 23.5 Å². The Labute approximate surface area is 155 Å². The van der Waals surface area contributed by atoms with Crippen LogP contribution in [0.4, 0.5) is 10.2 Å².